The summed E-state index contributed by atoms with van der Waals surface area (Å²) in [5.41, 5.74) is 1.59. The Morgan fingerprint density at radius 2 is 2.11 bits per heavy atom. The van der Waals surface area contributed by atoms with Crippen LogP contribution in [0.25, 0.3) is 11.5 Å². The van der Waals surface area contributed by atoms with Crippen LogP contribution in [0.2, 0.25) is 0 Å². The van der Waals surface area contributed by atoms with Gasteiger partial charge in [-0.05, 0) is 32.4 Å². The average Bonchev–Trinajstić information content (AvgIpc) is 2.79. The van der Waals surface area contributed by atoms with Crippen molar-refractivity contribution in [2.24, 2.45) is 0 Å². The lowest BCUT2D eigenvalue weighted by Gasteiger charge is -2.12. The third-order valence-corrected chi connectivity index (χ3v) is 2.90. The molecule has 2 rings (SSSR count). The number of aliphatic hydroxyl groups is 1. The van der Waals surface area contributed by atoms with Crippen molar-refractivity contribution in [1.82, 2.24) is 15.1 Å². The zero-order chi connectivity index (χ0) is 13.1. The zero-order valence-corrected chi connectivity index (χ0v) is 10.8. The standard InChI is InChI=1S/C13H17N3O2/c1-4-10(9(3)17)13-15-12(16-18-13)11-7-5-6-8(2)14-11/h5-7,9-10,17H,4H2,1-3H3. The maximum absolute atomic E-state index is 9.65. The van der Waals surface area contributed by atoms with E-state index in [1.54, 1.807) is 6.92 Å². The molecule has 0 aliphatic rings. The van der Waals surface area contributed by atoms with Gasteiger partial charge in [0.05, 0.1) is 12.0 Å². The first-order valence-electron chi connectivity index (χ1n) is 6.07. The number of hydrogen-bond donors (Lipinski definition) is 1. The van der Waals surface area contributed by atoms with Gasteiger partial charge in [0.25, 0.3) is 0 Å². The van der Waals surface area contributed by atoms with Crippen LogP contribution in [0, 0.1) is 6.92 Å². The van der Waals surface area contributed by atoms with Crippen molar-refractivity contribution in [1.29, 1.82) is 0 Å². The number of aromatic nitrogens is 3. The molecule has 5 heteroatoms. The quantitative estimate of drug-likeness (QED) is 0.897. The van der Waals surface area contributed by atoms with Gasteiger partial charge in [0.15, 0.2) is 0 Å². The Morgan fingerprint density at radius 1 is 1.33 bits per heavy atom. The number of aliphatic hydroxyl groups excluding tert-OH is 1. The monoisotopic (exact) mass is 247 g/mol. The van der Waals surface area contributed by atoms with Crippen LogP contribution in [0.3, 0.4) is 0 Å². The Morgan fingerprint density at radius 3 is 2.72 bits per heavy atom. The molecule has 2 heterocycles. The average molecular weight is 247 g/mol. The molecular weight excluding hydrogens is 230 g/mol. The summed E-state index contributed by atoms with van der Waals surface area (Å²) < 4.78 is 5.21. The number of pyridine rings is 1. The van der Waals surface area contributed by atoms with Gasteiger partial charge in [-0.3, -0.25) is 0 Å². The molecule has 1 N–H and O–H groups in total. The molecule has 2 atom stereocenters. The van der Waals surface area contributed by atoms with Gasteiger partial charge in [0.2, 0.25) is 11.7 Å². The zero-order valence-electron chi connectivity index (χ0n) is 10.8. The summed E-state index contributed by atoms with van der Waals surface area (Å²) in [5.74, 6) is 0.801. The molecule has 0 fully saturated rings. The highest BCUT2D eigenvalue weighted by Crippen LogP contribution is 2.24. The second-order valence-electron chi connectivity index (χ2n) is 4.38. The third-order valence-electron chi connectivity index (χ3n) is 2.90. The molecule has 18 heavy (non-hydrogen) atoms. The highest BCUT2D eigenvalue weighted by atomic mass is 16.5. The lowest BCUT2D eigenvalue weighted by molar-refractivity contribution is 0.141. The predicted octanol–water partition coefficient (Wildman–Crippen LogP) is 2.31. The van der Waals surface area contributed by atoms with E-state index in [0.29, 0.717) is 17.4 Å². The molecule has 0 aromatic carbocycles. The van der Waals surface area contributed by atoms with Crippen LogP contribution in [-0.4, -0.2) is 26.3 Å². The minimum absolute atomic E-state index is 0.129. The fourth-order valence-corrected chi connectivity index (χ4v) is 1.88. The maximum Gasteiger partial charge on any atom is 0.232 e. The summed E-state index contributed by atoms with van der Waals surface area (Å²) in [4.78, 5) is 8.65. The van der Waals surface area contributed by atoms with Crippen molar-refractivity contribution in [3.63, 3.8) is 0 Å². The van der Waals surface area contributed by atoms with Crippen LogP contribution in [-0.2, 0) is 0 Å². The SMILES string of the molecule is CCC(c1nc(-c2cccc(C)n2)no1)C(C)O. The van der Waals surface area contributed by atoms with E-state index in [9.17, 15) is 5.11 Å². The number of nitrogens with zero attached hydrogens (tertiary/aromatic N) is 3. The van der Waals surface area contributed by atoms with Crippen molar-refractivity contribution >= 4 is 0 Å². The van der Waals surface area contributed by atoms with Gasteiger partial charge >= 0.3 is 0 Å². The second kappa shape index (κ2) is 5.27. The first kappa shape index (κ1) is 12.7. The van der Waals surface area contributed by atoms with Gasteiger partial charge in [0.1, 0.15) is 5.69 Å². The highest BCUT2D eigenvalue weighted by molar-refractivity contribution is 5.48. The first-order valence-corrected chi connectivity index (χ1v) is 6.07. The number of rotatable bonds is 4. The van der Waals surface area contributed by atoms with Crippen molar-refractivity contribution in [2.75, 3.05) is 0 Å². The Labute approximate surface area is 106 Å². The molecule has 0 spiro atoms. The lowest BCUT2D eigenvalue weighted by Crippen LogP contribution is -2.14. The largest absolute Gasteiger partial charge is 0.393 e. The van der Waals surface area contributed by atoms with Crippen LogP contribution in [0.4, 0.5) is 0 Å². The van der Waals surface area contributed by atoms with Crippen molar-refractivity contribution in [3.05, 3.63) is 29.8 Å². The van der Waals surface area contributed by atoms with Gasteiger partial charge in [-0.1, -0.05) is 18.1 Å². The van der Waals surface area contributed by atoms with E-state index in [0.717, 1.165) is 12.1 Å². The number of hydrogen-bond acceptors (Lipinski definition) is 5. The molecule has 2 aromatic rings. The molecule has 0 saturated carbocycles. The van der Waals surface area contributed by atoms with Gasteiger partial charge in [-0.25, -0.2) is 4.98 Å². The topological polar surface area (TPSA) is 72.0 Å². The van der Waals surface area contributed by atoms with Crippen LogP contribution in [0.5, 0.6) is 0 Å². The van der Waals surface area contributed by atoms with Crippen LogP contribution < -0.4 is 0 Å². The molecule has 0 saturated heterocycles. The molecule has 0 aliphatic carbocycles. The first-order chi connectivity index (χ1) is 8.61. The maximum atomic E-state index is 9.65. The summed E-state index contributed by atoms with van der Waals surface area (Å²) in [6.07, 6.45) is 0.245. The van der Waals surface area contributed by atoms with Crippen molar-refractivity contribution in [3.8, 4) is 11.5 Å². The summed E-state index contributed by atoms with van der Waals surface area (Å²) in [7, 11) is 0. The van der Waals surface area contributed by atoms with Crippen molar-refractivity contribution < 1.29 is 9.63 Å². The fraction of sp³-hybridized carbons (Fsp3) is 0.462. The smallest absolute Gasteiger partial charge is 0.232 e. The van der Waals surface area contributed by atoms with Gasteiger partial charge in [0, 0.05) is 5.69 Å². The minimum atomic E-state index is -0.506. The van der Waals surface area contributed by atoms with Gasteiger partial charge in [-0.2, -0.15) is 4.98 Å². The fourth-order valence-electron chi connectivity index (χ4n) is 1.88. The summed E-state index contributed by atoms with van der Waals surface area (Å²) in [6, 6.07) is 5.65. The predicted molar refractivity (Wildman–Crippen MR) is 67.0 cm³/mol. The molecule has 5 nitrogen and oxygen atoms in total. The van der Waals surface area contributed by atoms with E-state index in [-0.39, 0.29) is 5.92 Å². The van der Waals surface area contributed by atoms with E-state index in [4.69, 9.17) is 4.52 Å². The van der Waals surface area contributed by atoms with E-state index < -0.39 is 6.10 Å². The lowest BCUT2D eigenvalue weighted by atomic mass is 10.0. The van der Waals surface area contributed by atoms with Gasteiger partial charge in [-0.15, -0.1) is 0 Å². The van der Waals surface area contributed by atoms with Crippen molar-refractivity contribution in [2.45, 2.75) is 39.2 Å². The molecular formula is C13H17N3O2. The number of aryl methyl sites for hydroxylation is 1. The molecule has 0 aliphatic heterocycles. The molecule has 0 bridgehead atoms. The Hall–Kier alpha value is -1.75. The Balaban J connectivity index is 2.30. The van der Waals surface area contributed by atoms with E-state index >= 15 is 0 Å². The summed E-state index contributed by atoms with van der Waals surface area (Å²) >= 11 is 0. The molecule has 96 valence electrons. The molecule has 0 amide bonds. The molecule has 0 radical (unpaired) electrons. The third kappa shape index (κ3) is 2.56. The van der Waals surface area contributed by atoms with E-state index in [2.05, 4.69) is 15.1 Å². The highest BCUT2D eigenvalue weighted by Gasteiger charge is 2.22. The van der Waals surface area contributed by atoms with Gasteiger partial charge < -0.3 is 9.63 Å². The summed E-state index contributed by atoms with van der Waals surface area (Å²) in [6.45, 7) is 5.62. The Bertz CT molecular complexity index is 522. The molecule has 2 aromatic heterocycles. The van der Waals surface area contributed by atoms with Crippen LogP contribution >= 0.6 is 0 Å². The minimum Gasteiger partial charge on any atom is -0.393 e. The van der Waals surface area contributed by atoms with Crippen LogP contribution in [0.15, 0.2) is 22.7 Å². The summed E-state index contributed by atoms with van der Waals surface area (Å²) in [5, 5.41) is 13.6. The molecule has 2 unspecified atom stereocenters. The van der Waals surface area contributed by atoms with E-state index in [1.165, 1.54) is 0 Å². The normalized spacial score (nSPS) is 14.4. The Kier molecular flexibility index (Phi) is 3.72. The van der Waals surface area contributed by atoms with E-state index in [1.807, 2.05) is 32.0 Å². The second-order valence-corrected chi connectivity index (χ2v) is 4.38. The van der Waals surface area contributed by atoms with Crippen LogP contribution in [0.1, 0.15) is 37.8 Å².